The topological polar surface area (TPSA) is 113 Å². The third-order valence-electron chi connectivity index (χ3n) is 2.13. The number of anilines is 2. The number of aromatic nitrogens is 2. The van der Waals surface area contributed by atoms with Gasteiger partial charge in [-0.1, -0.05) is 0 Å². The van der Waals surface area contributed by atoms with Gasteiger partial charge in [0.25, 0.3) is 0 Å². The van der Waals surface area contributed by atoms with E-state index in [0.717, 1.165) is 0 Å². The second-order valence-corrected chi connectivity index (χ2v) is 6.65. The first-order valence-corrected chi connectivity index (χ1v) is 7.40. The Bertz CT molecular complexity index is 506. The first kappa shape index (κ1) is 15.1. The quantitative estimate of drug-likeness (QED) is 0.487. The Balaban J connectivity index is 2.65. The fourth-order valence-corrected chi connectivity index (χ4v) is 2.26. The lowest BCUT2D eigenvalue weighted by Gasteiger charge is -2.13. The van der Waals surface area contributed by atoms with Crippen molar-refractivity contribution < 1.29 is 8.42 Å². The van der Waals surface area contributed by atoms with Gasteiger partial charge < -0.3 is 10.7 Å². The van der Waals surface area contributed by atoms with Crippen LogP contribution in [0.25, 0.3) is 0 Å². The number of rotatable bonds is 6. The summed E-state index contributed by atoms with van der Waals surface area (Å²) in [7, 11) is -0.240. The van der Waals surface area contributed by atoms with Gasteiger partial charge in [-0.3, -0.25) is 0 Å². The minimum absolute atomic E-state index is 0.0260. The molecule has 1 rings (SSSR count). The van der Waals surface area contributed by atoms with E-state index in [-0.39, 0.29) is 12.3 Å². The lowest BCUT2D eigenvalue weighted by molar-refractivity contribution is 0.521. The maximum atomic E-state index is 11.5. The van der Waals surface area contributed by atoms with E-state index in [2.05, 4.69) is 36.6 Å². The van der Waals surface area contributed by atoms with E-state index in [1.165, 1.54) is 24.7 Å². The Morgan fingerprint density at radius 1 is 1.39 bits per heavy atom. The minimum Gasteiger partial charge on any atom is -0.368 e. The Labute approximate surface area is 114 Å². The standard InChI is InChI=1S/C8H15BrN6O2S/c1-15(2)18(16,17)4-3-11-7-6(9)8(14-10)13-5-12-7/h5H,3-4,10H2,1-2H3,(H2,11,12,13,14). The molecule has 0 atom stereocenters. The highest BCUT2D eigenvalue weighted by atomic mass is 79.9. The zero-order valence-corrected chi connectivity index (χ0v) is 12.4. The minimum atomic E-state index is -3.23. The van der Waals surface area contributed by atoms with Gasteiger partial charge in [-0.15, -0.1) is 0 Å². The van der Waals surface area contributed by atoms with E-state index in [9.17, 15) is 8.42 Å². The van der Waals surface area contributed by atoms with Crippen LogP contribution in [0.15, 0.2) is 10.8 Å². The molecule has 18 heavy (non-hydrogen) atoms. The second-order valence-electron chi connectivity index (χ2n) is 3.55. The summed E-state index contributed by atoms with van der Waals surface area (Å²) in [6.07, 6.45) is 1.32. The highest BCUT2D eigenvalue weighted by Crippen LogP contribution is 2.25. The molecule has 0 radical (unpaired) electrons. The van der Waals surface area contributed by atoms with E-state index in [1.807, 2.05) is 0 Å². The zero-order chi connectivity index (χ0) is 13.8. The third-order valence-corrected chi connectivity index (χ3v) is 4.72. The van der Waals surface area contributed by atoms with Crippen LogP contribution in [0.3, 0.4) is 0 Å². The Kier molecular flexibility index (Phi) is 5.26. The smallest absolute Gasteiger partial charge is 0.215 e. The van der Waals surface area contributed by atoms with Crippen molar-refractivity contribution in [2.45, 2.75) is 0 Å². The average Bonchev–Trinajstić information content (AvgIpc) is 2.31. The molecule has 0 spiro atoms. The molecular weight excluding hydrogens is 324 g/mol. The number of nitrogens with one attached hydrogen (secondary N) is 2. The average molecular weight is 339 g/mol. The summed E-state index contributed by atoms with van der Waals surface area (Å²) in [5.74, 6) is 6.13. The molecule has 1 aromatic rings. The molecule has 0 aliphatic heterocycles. The Hall–Kier alpha value is -0.970. The van der Waals surface area contributed by atoms with E-state index < -0.39 is 10.0 Å². The molecule has 0 amide bonds. The van der Waals surface area contributed by atoms with Crippen LogP contribution in [0.5, 0.6) is 0 Å². The van der Waals surface area contributed by atoms with Gasteiger partial charge in [0.1, 0.15) is 16.6 Å². The molecule has 0 bridgehead atoms. The fourth-order valence-electron chi connectivity index (χ4n) is 1.07. The van der Waals surface area contributed by atoms with Gasteiger partial charge in [-0.25, -0.2) is 28.5 Å². The van der Waals surface area contributed by atoms with Crippen LogP contribution in [-0.4, -0.2) is 49.1 Å². The van der Waals surface area contributed by atoms with Crippen molar-refractivity contribution in [2.75, 3.05) is 37.1 Å². The number of hydrogen-bond acceptors (Lipinski definition) is 7. The molecule has 1 aromatic heterocycles. The van der Waals surface area contributed by atoms with Gasteiger partial charge in [0.15, 0.2) is 5.82 Å². The van der Waals surface area contributed by atoms with Crippen molar-refractivity contribution in [3.8, 4) is 0 Å². The van der Waals surface area contributed by atoms with E-state index in [4.69, 9.17) is 5.84 Å². The number of halogens is 1. The van der Waals surface area contributed by atoms with Crippen LogP contribution >= 0.6 is 15.9 Å². The number of nitrogens with two attached hydrogens (primary N) is 1. The molecule has 0 fully saturated rings. The van der Waals surface area contributed by atoms with Gasteiger partial charge in [-0.05, 0) is 15.9 Å². The van der Waals surface area contributed by atoms with Crippen LogP contribution < -0.4 is 16.6 Å². The normalized spacial score (nSPS) is 11.6. The highest BCUT2D eigenvalue weighted by molar-refractivity contribution is 9.10. The summed E-state index contributed by atoms with van der Waals surface area (Å²) in [4.78, 5) is 7.86. The van der Waals surface area contributed by atoms with Crippen molar-refractivity contribution in [3.05, 3.63) is 10.8 Å². The maximum absolute atomic E-state index is 11.5. The third kappa shape index (κ3) is 3.77. The molecule has 0 aliphatic rings. The largest absolute Gasteiger partial charge is 0.368 e. The Morgan fingerprint density at radius 3 is 2.56 bits per heavy atom. The van der Waals surface area contributed by atoms with Crippen molar-refractivity contribution >= 4 is 37.6 Å². The molecule has 0 unspecified atom stereocenters. The highest BCUT2D eigenvalue weighted by Gasteiger charge is 2.14. The lowest BCUT2D eigenvalue weighted by atomic mass is 10.5. The van der Waals surface area contributed by atoms with E-state index in [0.29, 0.717) is 16.1 Å². The van der Waals surface area contributed by atoms with Crippen molar-refractivity contribution in [1.82, 2.24) is 14.3 Å². The summed E-state index contributed by atoms with van der Waals surface area (Å²) in [5.41, 5.74) is 2.40. The van der Waals surface area contributed by atoms with Crippen LogP contribution in [0.2, 0.25) is 0 Å². The van der Waals surface area contributed by atoms with Crippen LogP contribution in [0.4, 0.5) is 11.6 Å². The van der Waals surface area contributed by atoms with E-state index in [1.54, 1.807) is 0 Å². The predicted octanol–water partition coefficient (Wildman–Crippen LogP) is -0.172. The molecule has 0 aromatic carbocycles. The summed E-state index contributed by atoms with van der Waals surface area (Å²) in [6.45, 7) is 0.236. The number of sulfonamides is 1. The predicted molar refractivity (Wildman–Crippen MR) is 73.5 cm³/mol. The van der Waals surface area contributed by atoms with Crippen LogP contribution in [0.1, 0.15) is 0 Å². The number of nitrogens with zero attached hydrogens (tertiary/aromatic N) is 3. The molecular formula is C8H15BrN6O2S. The molecule has 8 nitrogen and oxygen atoms in total. The molecule has 0 saturated heterocycles. The van der Waals surface area contributed by atoms with Gasteiger partial charge in [0, 0.05) is 20.6 Å². The van der Waals surface area contributed by atoms with Gasteiger partial charge in [0.05, 0.1) is 5.75 Å². The zero-order valence-electron chi connectivity index (χ0n) is 10.0. The second kappa shape index (κ2) is 6.27. The van der Waals surface area contributed by atoms with E-state index >= 15 is 0 Å². The number of hydrazine groups is 1. The van der Waals surface area contributed by atoms with Gasteiger partial charge in [0.2, 0.25) is 10.0 Å². The number of hydrogen-bond donors (Lipinski definition) is 3. The summed E-state index contributed by atoms with van der Waals surface area (Å²) < 4.78 is 24.8. The van der Waals surface area contributed by atoms with Crippen LogP contribution in [-0.2, 0) is 10.0 Å². The molecule has 0 saturated carbocycles. The first-order chi connectivity index (χ1) is 8.38. The molecule has 10 heteroatoms. The van der Waals surface area contributed by atoms with Gasteiger partial charge >= 0.3 is 0 Å². The molecule has 102 valence electrons. The summed E-state index contributed by atoms with van der Waals surface area (Å²) >= 11 is 3.26. The monoisotopic (exact) mass is 338 g/mol. The molecule has 1 heterocycles. The van der Waals surface area contributed by atoms with Crippen molar-refractivity contribution in [3.63, 3.8) is 0 Å². The molecule has 4 N–H and O–H groups in total. The SMILES string of the molecule is CN(C)S(=O)(=O)CCNc1ncnc(NN)c1Br. The maximum Gasteiger partial charge on any atom is 0.215 e. The Morgan fingerprint density at radius 2 is 2.00 bits per heavy atom. The van der Waals surface area contributed by atoms with Crippen molar-refractivity contribution in [2.24, 2.45) is 5.84 Å². The summed E-state index contributed by atoms with van der Waals surface area (Å²) in [5, 5.41) is 2.90. The number of nitrogen functional groups attached to an aromatic ring is 1. The van der Waals surface area contributed by atoms with Crippen LogP contribution in [0, 0.1) is 0 Å². The summed E-state index contributed by atoms with van der Waals surface area (Å²) in [6, 6.07) is 0. The molecule has 0 aliphatic carbocycles. The van der Waals surface area contributed by atoms with Crippen molar-refractivity contribution in [1.29, 1.82) is 0 Å². The fraction of sp³-hybridized carbons (Fsp3) is 0.500. The lowest BCUT2D eigenvalue weighted by Crippen LogP contribution is -2.28. The first-order valence-electron chi connectivity index (χ1n) is 4.99. The van der Waals surface area contributed by atoms with Gasteiger partial charge in [-0.2, -0.15) is 0 Å².